The van der Waals surface area contributed by atoms with Crippen molar-refractivity contribution < 1.29 is 14.3 Å². The maximum Gasteiger partial charge on any atom is 0.310 e. The van der Waals surface area contributed by atoms with Crippen molar-refractivity contribution in [2.45, 2.75) is 32.7 Å². The van der Waals surface area contributed by atoms with Crippen LogP contribution in [0.25, 0.3) is 0 Å². The minimum Gasteiger partial charge on any atom is -0.469 e. The highest BCUT2D eigenvalue weighted by Crippen LogP contribution is 2.26. The molecule has 2 rings (SSSR count). The van der Waals surface area contributed by atoms with Gasteiger partial charge in [-0.2, -0.15) is 0 Å². The zero-order valence-corrected chi connectivity index (χ0v) is 10.4. The van der Waals surface area contributed by atoms with Crippen LogP contribution in [0.2, 0.25) is 0 Å². The molecule has 1 aromatic rings. The van der Waals surface area contributed by atoms with E-state index in [1.54, 1.807) is 12.1 Å². The smallest absolute Gasteiger partial charge is 0.310 e. The first kappa shape index (κ1) is 15.2. The molecule has 0 heterocycles. The van der Waals surface area contributed by atoms with E-state index in [4.69, 9.17) is 4.74 Å². The molecule has 0 radical (unpaired) electrons. The van der Waals surface area contributed by atoms with Gasteiger partial charge in [0.05, 0.1) is 13.0 Å². The van der Waals surface area contributed by atoms with E-state index in [2.05, 4.69) is 5.32 Å². The third-order valence-corrected chi connectivity index (χ3v) is 3.37. The minimum atomic E-state index is -0.231. The van der Waals surface area contributed by atoms with E-state index in [0.717, 1.165) is 19.3 Å². The van der Waals surface area contributed by atoms with Gasteiger partial charge in [-0.3, -0.25) is 9.59 Å². The zero-order chi connectivity index (χ0) is 13.0. The van der Waals surface area contributed by atoms with E-state index >= 15 is 0 Å². The molecule has 0 saturated heterocycles. The number of benzene rings is 1. The average Bonchev–Trinajstić information content (AvgIpc) is 2.87. The van der Waals surface area contributed by atoms with Gasteiger partial charge in [0, 0.05) is 11.6 Å². The number of rotatable bonds is 3. The first-order chi connectivity index (χ1) is 8.72. The van der Waals surface area contributed by atoms with E-state index < -0.39 is 0 Å². The second-order valence-corrected chi connectivity index (χ2v) is 4.51. The summed E-state index contributed by atoms with van der Waals surface area (Å²) in [6, 6.07) is 8.92. The first-order valence-corrected chi connectivity index (χ1v) is 6.16. The lowest BCUT2D eigenvalue weighted by Gasteiger charge is -2.18. The van der Waals surface area contributed by atoms with Gasteiger partial charge in [0.25, 0.3) is 5.91 Å². The van der Waals surface area contributed by atoms with Crippen LogP contribution in [-0.4, -0.2) is 25.0 Å². The van der Waals surface area contributed by atoms with Crippen LogP contribution in [-0.2, 0) is 9.53 Å². The highest BCUT2D eigenvalue weighted by molar-refractivity contribution is 5.94. The third-order valence-electron chi connectivity index (χ3n) is 3.37. The molecule has 1 aliphatic carbocycles. The summed E-state index contributed by atoms with van der Waals surface area (Å²) in [4.78, 5) is 23.6. The van der Waals surface area contributed by atoms with Gasteiger partial charge in [0.2, 0.25) is 0 Å². The van der Waals surface area contributed by atoms with Crippen molar-refractivity contribution >= 4 is 11.9 Å². The maximum atomic E-state index is 12.0. The molecular formula is C15H21NO3. The highest BCUT2D eigenvalue weighted by Gasteiger charge is 2.34. The Labute approximate surface area is 114 Å². The van der Waals surface area contributed by atoms with Gasteiger partial charge in [0.15, 0.2) is 0 Å². The van der Waals surface area contributed by atoms with Crippen LogP contribution >= 0.6 is 0 Å². The number of hydrogen-bond donors (Lipinski definition) is 1. The molecule has 1 saturated carbocycles. The largest absolute Gasteiger partial charge is 0.469 e. The molecule has 2 atom stereocenters. The van der Waals surface area contributed by atoms with Gasteiger partial charge < -0.3 is 10.1 Å². The van der Waals surface area contributed by atoms with E-state index in [1.807, 2.05) is 18.2 Å². The molecule has 4 nitrogen and oxygen atoms in total. The average molecular weight is 263 g/mol. The molecule has 0 spiro atoms. The molecule has 0 aliphatic heterocycles. The van der Waals surface area contributed by atoms with Crippen molar-refractivity contribution in [3.8, 4) is 0 Å². The van der Waals surface area contributed by atoms with E-state index in [1.165, 1.54) is 7.11 Å². The Kier molecular flexibility index (Phi) is 5.55. The lowest BCUT2D eigenvalue weighted by atomic mass is 10.0. The van der Waals surface area contributed by atoms with Crippen LogP contribution in [0, 0.1) is 5.92 Å². The van der Waals surface area contributed by atoms with Crippen molar-refractivity contribution in [1.29, 1.82) is 0 Å². The molecule has 0 bridgehead atoms. The van der Waals surface area contributed by atoms with Gasteiger partial charge >= 0.3 is 5.97 Å². The van der Waals surface area contributed by atoms with Gasteiger partial charge in [0.1, 0.15) is 0 Å². The van der Waals surface area contributed by atoms with Crippen molar-refractivity contribution in [1.82, 2.24) is 5.32 Å². The SMILES string of the molecule is C.COC(=O)C1CCCC1NC(=O)c1ccccc1. The van der Waals surface area contributed by atoms with E-state index in [0.29, 0.717) is 5.56 Å². The number of carbonyl (C=O) groups is 2. The molecule has 104 valence electrons. The van der Waals surface area contributed by atoms with Crippen LogP contribution in [0.4, 0.5) is 0 Å². The lowest BCUT2D eigenvalue weighted by Crippen LogP contribution is -2.40. The van der Waals surface area contributed by atoms with Crippen LogP contribution in [0.3, 0.4) is 0 Å². The van der Waals surface area contributed by atoms with Crippen LogP contribution in [0.15, 0.2) is 30.3 Å². The number of carbonyl (C=O) groups excluding carboxylic acids is 2. The molecule has 19 heavy (non-hydrogen) atoms. The van der Waals surface area contributed by atoms with Crippen LogP contribution in [0.1, 0.15) is 37.0 Å². The summed E-state index contributed by atoms with van der Waals surface area (Å²) in [7, 11) is 1.39. The topological polar surface area (TPSA) is 55.4 Å². The van der Waals surface area contributed by atoms with Gasteiger partial charge in [-0.1, -0.05) is 32.0 Å². The summed E-state index contributed by atoms with van der Waals surface area (Å²) < 4.78 is 4.76. The monoisotopic (exact) mass is 263 g/mol. The molecule has 0 aromatic heterocycles. The number of amides is 1. The Morgan fingerprint density at radius 2 is 1.89 bits per heavy atom. The second-order valence-electron chi connectivity index (χ2n) is 4.51. The number of nitrogens with one attached hydrogen (secondary N) is 1. The molecule has 1 aliphatic rings. The lowest BCUT2D eigenvalue weighted by molar-refractivity contribution is -0.145. The number of esters is 1. The van der Waals surface area contributed by atoms with Crippen molar-refractivity contribution in [3.63, 3.8) is 0 Å². The fourth-order valence-electron chi connectivity index (χ4n) is 2.41. The Bertz CT molecular complexity index is 430. The Morgan fingerprint density at radius 1 is 1.21 bits per heavy atom. The van der Waals surface area contributed by atoms with E-state index in [9.17, 15) is 9.59 Å². The summed E-state index contributed by atoms with van der Waals surface area (Å²) in [5.41, 5.74) is 0.619. The summed E-state index contributed by atoms with van der Waals surface area (Å²) in [6.07, 6.45) is 2.56. The normalized spacial score (nSPS) is 21.3. The summed E-state index contributed by atoms with van der Waals surface area (Å²) in [5.74, 6) is -0.565. The molecule has 1 amide bonds. The van der Waals surface area contributed by atoms with E-state index in [-0.39, 0.29) is 31.3 Å². The Morgan fingerprint density at radius 3 is 2.53 bits per heavy atom. The molecule has 2 unspecified atom stereocenters. The first-order valence-electron chi connectivity index (χ1n) is 6.16. The maximum absolute atomic E-state index is 12.0. The molecule has 1 N–H and O–H groups in total. The predicted molar refractivity (Wildman–Crippen MR) is 73.8 cm³/mol. The molecule has 4 heteroatoms. The molecule has 1 fully saturated rings. The zero-order valence-electron chi connectivity index (χ0n) is 10.4. The number of ether oxygens (including phenoxy) is 1. The predicted octanol–water partition coefficient (Wildman–Crippen LogP) is 2.39. The molecular weight excluding hydrogens is 242 g/mol. The van der Waals surface area contributed by atoms with Crippen molar-refractivity contribution in [2.24, 2.45) is 5.92 Å². The second kappa shape index (κ2) is 6.92. The quantitative estimate of drug-likeness (QED) is 0.852. The standard InChI is InChI=1S/C14H17NO3.CH4/c1-18-14(17)11-8-5-9-12(11)15-13(16)10-6-3-2-4-7-10;/h2-4,6-7,11-12H,5,8-9H2,1H3,(H,15,16);1H4. The van der Waals surface area contributed by atoms with Crippen LogP contribution < -0.4 is 5.32 Å². The van der Waals surface area contributed by atoms with Crippen LogP contribution in [0.5, 0.6) is 0 Å². The fraction of sp³-hybridized carbons (Fsp3) is 0.467. The fourth-order valence-corrected chi connectivity index (χ4v) is 2.41. The molecule has 1 aromatic carbocycles. The number of hydrogen-bond acceptors (Lipinski definition) is 3. The van der Waals surface area contributed by atoms with Gasteiger partial charge in [-0.05, 0) is 25.0 Å². The summed E-state index contributed by atoms with van der Waals surface area (Å²) >= 11 is 0. The highest BCUT2D eigenvalue weighted by atomic mass is 16.5. The number of methoxy groups -OCH3 is 1. The summed E-state index contributed by atoms with van der Waals surface area (Å²) in [6.45, 7) is 0. The Hall–Kier alpha value is -1.84. The van der Waals surface area contributed by atoms with Gasteiger partial charge in [-0.15, -0.1) is 0 Å². The van der Waals surface area contributed by atoms with Crippen molar-refractivity contribution in [3.05, 3.63) is 35.9 Å². The summed E-state index contributed by atoms with van der Waals surface area (Å²) in [5, 5.41) is 2.92. The van der Waals surface area contributed by atoms with Crippen molar-refractivity contribution in [2.75, 3.05) is 7.11 Å². The Balaban J connectivity index is 0.00000180. The minimum absolute atomic E-state index is 0. The van der Waals surface area contributed by atoms with Gasteiger partial charge in [-0.25, -0.2) is 0 Å². The third kappa shape index (κ3) is 3.56.